The van der Waals surface area contributed by atoms with Crippen molar-refractivity contribution in [2.24, 2.45) is 4.99 Å². The summed E-state index contributed by atoms with van der Waals surface area (Å²) < 4.78 is 0. The first-order valence-corrected chi connectivity index (χ1v) is 7.46. The number of benzene rings is 2. The maximum atomic E-state index is 10.9. The van der Waals surface area contributed by atoms with Crippen LogP contribution in [0.2, 0.25) is 0 Å². The lowest BCUT2D eigenvalue weighted by atomic mass is 10.1. The lowest BCUT2D eigenvalue weighted by Crippen LogP contribution is -1.99. The number of para-hydroxylation sites is 1. The van der Waals surface area contributed by atoms with Crippen LogP contribution in [-0.4, -0.2) is 15.6 Å². The summed E-state index contributed by atoms with van der Waals surface area (Å²) in [5.74, 6) is 0. The van der Waals surface area contributed by atoms with Gasteiger partial charge in [-0.1, -0.05) is 36.4 Å². The molecule has 3 rings (SSSR count). The highest BCUT2D eigenvalue weighted by atomic mass is 16.6. The maximum Gasteiger partial charge on any atom is 0.270 e. The first kappa shape index (κ1) is 15.6. The van der Waals surface area contributed by atoms with Crippen molar-refractivity contribution < 1.29 is 4.92 Å². The van der Waals surface area contributed by atoms with E-state index in [1.54, 1.807) is 6.07 Å². The number of aliphatic imine (C=N–C) groups is 1. The zero-order chi connectivity index (χ0) is 16.9. The van der Waals surface area contributed by atoms with E-state index >= 15 is 0 Å². The van der Waals surface area contributed by atoms with E-state index in [4.69, 9.17) is 0 Å². The lowest BCUT2D eigenvalue weighted by molar-refractivity contribution is -0.384. The molecule has 0 N–H and O–H groups in total. The highest BCUT2D eigenvalue weighted by Gasteiger charge is 2.09. The largest absolute Gasteiger partial charge is 0.270 e. The molecule has 0 aliphatic heterocycles. The van der Waals surface area contributed by atoms with Gasteiger partial charge in [0, 0.05) is 17.7 Å². The van der Waals surface area contributed by atoms with E-state index in [1.807, 2.05) is 61.5 Å². The van der Waals surface area contributed by atoms with Gasteiger partial charge in [-0.25, -0.2) is 4.98 Å². The monoisotopic (exact) mass is 317 g/mol. The second kappa shape index (κ2) is 6.83. The average Bonchev–Trinajstić information content (AvgIpc) is 2.63. The fraction of sp³-hybridized carbons (Fsp3) is 0.0526. The van der Waals surface area contributed by atoms with Crippen molar-refractivity contribution in [1.29, 1.82) is 0 Å². The molecule has 0 radical (unpaired) electrons. The molecule has 1 heterocycles. The topological polar surface area (TPSA) is 68.4 Å². The predicted octanol–water partition coefficient (Wildman–Crippen LogP) is 4.80. The minimum Gasteiger partial charge on any atom is -0.258 e. The molecular formula is C19H15N3O2. The SMILES string of the molecule is CC(=Nc1ccccc1)c1cccc(-c2cccc([N+](=O)[O-])c2)n1. The Morgan fingerprint density at radius 1 is 1.00 bits per heavy atom. The van der Waals surface area contributed by atoms with Gasteiger partial charge in [-0.3, -0.25) is 15.1 Å². The third kappa shape index (κ3) is 3.52. The fourth-order valence-electron chi connectivity index (χ4n) is 2.33. The second-order valence-corrected chi connectivity index (χ2v) is 5.25. The van der Waals surface area contributed by atoms with Crippen LogP contribution in [0, 0.1) is 10.1 Å². The van der Waals surface area contributed by atoms with Gasteiger partial charge in [-0.2, -0.15) is 0 Å². The molecule has 0 aliphatic carbocycles. The van der Waals surface area contributed by atoms with Crippen molar-refractivity contribution in [2.45, 2.75) is 6.92 Å². The van der Waals surface area contributed by atoms with Crippen LogP contribution in [0.15, 0.2) is 77.8 Å². The molecule has 0 aliphatic rings. The van der Waals surface area contributed by atoms with E-state index in [9.17, 15) is 10.1 Å². The van der Waals surface area contributed by atoms with Crippen LogP contribution in [0.3, 0.4) is 0 Å². The number of hydrogen-bond donors (Lipinski definition) is 0. The van der Waals surface area contributed by atoms with Crippen LogP contribution in [0.25, 0.3) is 11.3 Å². The Bertz CT molecular complexity index is 905. The van der Waals surface area contributed by atoms with E-state index in [0.717, 1.165) is 17.1 Å². The third-order valence-electron chi connectivity index (χ3n) is 3.53. The standard InChI is InChI=1S/C19H15N3O2/c1-14(20-16-8-3-2-4-9-16)18-11-6-12-19(21-18)15-7-5-10-17(13-15)22(23)24/h2-13H,1H3. The summed E-state index contributed by atoms with van der Waals surface area (Å²) >= 11 is 0. The molecule has 0 spiro atoms. The first-order chi connectivity index (χ1) is 11.6. The van der Waals surface area contributed by atoms with Crippen molar-refractivity contribution in [2.75, 3.05) is 0 Å². The molecule has 0 amide bonds. The number of pyridine rings is 1. The summed E-state index contributed by atoms with van der Waals surface area (Å²) in [6.07, 6.45) is 0. The Balaban J connectivity index is 1.96. The van der Waals surface area contributed by atoms with Crippen LogP contribution < -0.4 is 0 Å². The highest BCUT2D eigenvalue weighted by Crippen LogP contribution is 2.23. The van der Waals surface area contributed by atoms with Gasteiger partial charge in [0.25, 0.3) is 5.69 Å². The van der Waals surface area contributed by atoms with Gasteiger partial charge in [0.1, 0.15) is 0 Å². The number of hydrogen-bond acceptors (Lipinski definition) is 4. The number of nitro benzene ring substituents is 1. The normalized spacial score (nSPS) is 11.3. The van der Waals surface area contributed by atoms with E-state index < -0.39 is 4.92 Å². The Hall–Kier alpha value is -3.34. The summed E-state index contributed by atoms with van der Waals surface area (Å²) in [6, 6.07) is 21.7. The fourth-order valence-corrected chi connectivity index (χ4v) is 2.33. The summed E-state index contributed by atoms with van der Waals surface area (Å²) in [7, 11) is 0. The molecule has 0 fully saturated rings. The van der Waals surface area contributed by atoms with Crippen LogP contribution in [0.5, 0.6) is 0 Å². The second-order valence-electron chi connectivity index (χ2n) is 5.25. The molecule has 0 saturated heterocycles. The number of rotatable bonds is 4. The van der Waals surface area contributed by atoms with E-state index in [2.05, 4.69) is 9.98 Å². The molecule has 118 valence electrons. The van der Waals surface area contributed by atoms with E-state index in [0.29, 0.717) is 11.3 Å². The van der Waals surface area contributed by atoms with Crippen molar-refractivity contribution in [3.63, 3.8) is 0 Å². The molecule has 2 aromatic carbocycles. The molecule has 5 nitrogen and oxygen atoms in total. The molecule has 0 unspecified atom stereocenters. The molecule has 0 saturated carbocycles. The summed E-state index contributed by atoms with van der Waals surface area (Å²) in [6.45, 7) is 1.90. The minimum absolute atomic E-state index is 0.0503. The molecule has 5 heteroatoms. The molecule has 1 aromatic heterocycles. The molecule has 0 bridgehead atoms. The van der Waals surface area contributed by atoms with Crippen LogP contribution in [0.4, 0.5) is 11.4 Å². The van der Waals surface area contributed by atoms with Crippen LogP contribution in [0.1, 0.15) is 12.6 Å². The van der Waals surface area contributed by atoms with Gasteiger partial charge in [-0.05, 0) is 31.2 Å². The van der Waals surface area contributed by atoms with E-state index in [1.165, 1.54) is 12.1 Å². The van der Waals surface area contributed by atoms with Gasteiger partial charge >= 0.3 is 0 Å². The average molecular weight is 317 g/mol. The third-order valence-corrected chi connectivity index (χ3v) is 3.53. The van der Waals surface area contributed by atoms with Gasteiger partial charge in [-0.15, -0.1) is 0 Å². The van der Waals surface area contributed by atoms with Crippen molar-refractivity contribution in [1.82, 2.24) is 4.98 Å². The van der Waals surface area contributed by atoms with Crippen LogP contribution >= 0.6 is 0 Å². The summed E-state index contributed by atoms with van der Waals surface area (Å²) in [5, 5.41) is 10.9. The number of nitrogens with zero attached hydrogens (tertiary/aromatic N) is 3. The predicted molar refractivity (Wildman–Crippen MR) is 94.6 cm³/mol. The zero-order valence-electron chi connectivity index (χ0n) is 13.1. The van der Waals surface area contributed by atoms with Gasteiger partial charge < -0.3 is 0 Å². The smallest absolute Gasteiger partial charge is 0.258 e. The summed E-state index contributed by atoms with van der Waals surface area (Å²) in [5.41, 5.74) is 3.82. The van der Waals surface area contributed by atoms with Crippen molar-refractivity contribution in [3.8, 4) is 11.3 Å². The highest BCUT2D eigenvalue weighted by molar-refractivity contribution is 5.99. The molecule has 24 heavy (non-hydrogen) atoms. The molecule has 3 aromatic rings. The van der Waals surface area contributed by atoms with E-state index in [-0.39, 0.29) is 5.69 Å². The Morgan fingerprint density at radius 2 is 1.75 bits per heavy atom. The first-order valence-electron chi connectivity index (χ1n) is 7.46. The Kier molecular flexibility index (Phi) is 4.43. The molecule has 0 atom stereocenters. The lowest BCUT2D eigenvalue weighted by Gasteiger charge is -2.05. The quantitative estimate of drug-likeness (QED) is 0.394. The zero-order valence-corrected chi connectivity index (χ0v) is 13.1. The number of nitro groups is 1. The van der Waals surface area contributed by atoms with Gasteiger partial charge in [0.2, 0.25) is 0 Å². The maximum absolute atomic E-state index is 10.9. The van der Waals surface area contributed by atoms with Crippen molar-refractivity contribution in [3.05, 3.63) is 88.6 Å². The van der Waals surface area contributed by atoms with Crippen LogP contribution in [-0.2, 0) is 0 Å². The Labute approximate surface area is 139 Å². The van der Waals surface area contributed by atoms with Gasteiger partial charge in [0.05, 0.1) is 27.7 Å². The minimum atomic E-state index is -0.407. The summed E-state index contributed by atoms with van der Waals surface area (Å²) in [4.78, 5) is 19.7. The van der Waals surface area contributed by atoms with Crippen molar-refractivity contribution >= 4 is 17.1 Å². The number of non-ortho nitro benzene ring substituents is 1. The Morgan fingerprint density at radius 3 is 2.50 bits per heavy atom. The van der Waals surface area contributed by atoms with Gasteiger partial charge in [0.15, 0.2) is 0 Å². The number of aromatic nitrogens is 1. The molecular weight excluding hydrogens is 302 g/mol.